The molecule has 0 unspecified atom stereocenters. The molecule has 0 aliphatic heterocycles. The van der Waals surface area contributed by atoms with E-state index >= 15 is 0 Å². The van der Waals surface area contributed by atoms with Crippen molar-refractivity contribution in [2.24, 2.45) is 12.8 Å². The molecule has 5 rings (SSSR count). The fraction of sp³-hybridized carbons (Fsp3) is 0.250. The van der Waals surface area contributed by atoms with Gasteiger partial charge < -0.3 is 20.0 Å². The second kappa shape index (κ2) is 9.62. The van der Waals surface area contributed by atoms with E-state index in [1.165, 1.54) is 16.3 Å². The summed E-state index contributed by atoms with van der Waals surface area (Å²) in [5.41, 5.74) is 11.3. The molecule has 7 heteroatoms. The third kappa shape index (κ3) is 4.75. The number of amides is 1. The van der Waals surface area contributed by atoms with Crippen LogP contribution in [0.15, 0.2) is 60.9 Å². The van der Waals surface area contributed by atoms with E-state index in [0.717, 1.165) is 40.9 Å². The molecule has 0 fully saturated rings. The summed E-state index contributed by atoms with van der Waals surface area (Å²) in [7, 11) is 2.03. The molecule has 0 atom stereocenters. The number of aryl methyl sites for hydroxylation is 3. The predicted molar refractivity (Wildman–Crippen MR) is 138 cm³/mol. The highest BCUT2D eigenvalue weighted by Gasteiger charge is 2.13. The summed E-state index contributed by atoms with van der Waals surface area (Å²) < 4.78 is 7.76. The number of carbonyl (C=O) groups excluding carboxylic acids is 1. The van der Waals surface area contributed by atoms with Crippen molar-refractivity contribution < 1.29 is 9.53 Å². The molecule has 0 aliphatic rings. The van der Waals surface area contributed by atoms with Crippen LogP contribution in [0.1, 0.15) is 46.5 Å². The minimum atomic E-state index is -0.534. The van der Waals surface area contributed by atoms with Gasteiger partial charge in [0.25, 0.3) is 5.91 Å². The van der Waals surface area contributed by atoms with Gasteiger partial charge in [-0.2, -0.15) is 0 Å². The number of fused-ring (bicyclic) bond motifs is 2. The van der Waals surface area contributed by atoms with Crippen LogP contribution >= 0.6 is 0 Å². The average Bonchev–Trinajstić information content (AvgIpc) is 3.43. The summed E-state index contributed by atoms with van der Waals surface area (Å²) in [6.07, 6.45) is 7.07. The Labute approximate surface area is 204 Å². The van der Waals surface area contributed by atoms with Crippen LogP contribution < -0.4 is 10.5 Å². The van der Waals surface area contributed by atoms with E-state index in [-0.39, 0.29) is 5.69 Å². The van der Waals surface area contributed by atoms with Gasteiger partial charge in [0.1, 0.15) is 17.3 Å². The van der Waals surface area contributed by atoms with Gasteiger partial charge in [-0.1, -0.05) is 12.1 Å². The quantitative estimate of drug-likeness (QED) is 0.328. The molecule has 0 aliphatic carbocycles. The van der Waals surface area contributed by atoms with Crippen molar-refractivity contribution >= 4 is 27.7 Å². The smallest absolute Gasteiger partial charge is 0.267 e. The van der Waals surface area contributed by atoms with Gasteiger partial charge in [0.15, 0.2) is 0 Å². The van der Waals surface area contributed by atoms with E-state index in [4.69, 9.17) is 15.5 Å². The van der Waals surface area contributed by atoms with Crippen molar-refractivity contribution in [3.05, 3.63) is 89.3 Å². The number of nitrogens with zero attached hydrogens (tertiary/aromatic N) is 3. The van der Waals surface area contributed by atoms with Gasteiger partial charge in [0.2, 0.25) is 0 Å². The number of aromatic nitrogens is 4. The largest absolute Gasteiger partial charge is 0.494 e. The first-order valence-corrected chi connectivity index (χ1v) is 11.9. The summed E-state index contributed by atoms with van der Waals surface area (Å²) in [6, 6.07) is 16.2. The molecule has 5 aromatic rings. The number of primary amides is 1. The van der Waals surface area contributed by atoms with Crippen LogP contribution in [0.4, 0.5) is 0 Å². The van der Waals surface area contributed by atoms with Crippen LogP contribution in [-0.4, -0.2) is 32.0 Å². The second-order valence-corrected chi connectivity index (χ2v) is 8.79. The van der Waals surface area contributed by atoms with Gasteiger partial charge in [-0.05, 0) is 67.3 Å². The molecular weight excluding hydrogens is 438 g/mol. The van der Waals surface area contributed by atoms with Crippen LogP contribution in [0.25, 0.3) is 21.8 Å². The lowest BCUT2D eigenvalue weighted by Gasteiger charge is -2.09. The van der Waals surface area contributed by atoms with Crippen LogP contribution in [0.2, 0.25) is 0 Å². The highest BCUT2D eigenvalue weighted by atomic mass is 16.5. The van der Waals surface area contributed by atoms with Crippen LogP contribution in [-0.2, 0) is 26.3 Å². The first-order chi connectivity index (χ1) is 17.0. The Morgan fingerprint density at radius 1 is 1.06 bits per heavy atom. The molecule has 1 amide bonds. The third-order valence-electron chi connectivity index (χ3n) is 6.36. The maximum Gasteiger partial charge on any atom is 0.267 e. The lowest BCUT2D eigenvalue weighted by Crippen LogP contribution is -2.16. The van der Waals surface area contributed by atoms with Gasteiger partial charge in [0.05, 0.1) is 6.61 Å². The molecule has 35 heavy (non-hydrogen) atoms. The van der Waals surface area contributed by atoms with Crippen molar-refractivity contribution in [3.8, 4) is 5.75 Å². The standard InChI is InChI=1S/C28H29N5O2/c1-3-35-21-10-11-24-23(16-21)19(17-30-24)7-5-9-27-31-20(15-25(32-27)28(29)34)14-18-6-4-8-26-22(18)12-13-33(26)2/h4,6,8,10-13,15-17,30H,3,5,7,9,14H2,1-2H3,(H2,29,34). The number of hydrogen-bond acceptors (Lipinski definition) is 4. The summed E-state index contributed by atoms with van der Waals surface area (Å²) in [4.78, 5) is 24.5. The van der Waals surface area contributed by atoms with Gasteiger partial charge >= 0.3 is 0 Å². The molecule has 3 heterocycles. The topological polar surface area (TPSA) is 98.8 Å². The highest BCUT2D eigenvalue weighted by molar-refractivity contribution is 5.91. The number of benzene rings is 2. The van der Waals surface area contributed by atoms with E-state index in [1.807, 2.05) is 38.4 Å². The fourth-order valence-corrected chi connectivity index (χ4v) is 4.65. The molecule has 0 radical (unpaired) electrons. The number of rotatable bonds is 9. The summed E-state index contributed by atoms with van der Waals surface area (Å²) >= 11 is 0. The summed E-state index contributed by atoms with van der Waals surface area (Å²) in [6.45, 7) is 2.62. The zero-order chi connectivity index (χ0) is 24.4. The van der Waals surface area contributed by atoms with E-state index in [2.05, 4.69) is 45.0 Å². The molecule has 178 valence electrons. The number of H-pyrrole nitrogens is 1. The minimum Gasteiger partial charge on any atom is -0.494 e. The van der Waals surface area contributed by atoms with Crippen LogP contribution in [0.5, 0.6) is 5.75 Å². The lowest BCUT2D eigenvalue weighted by atomic mass is 10.0. The van der Waals surface area contributed by atoms with Gasteiger partial charge in [-0.15, -0.1) is 0 Å². The number of nitrogens with one attached hydrogen (secondary N) is 1. The number of ether oxygens (including phenoxy) is 1. The average molecular weight is 468 g/mol. The lowest BCUT2D eigenvalue weighted by molar-refractivity contribution is 0.0995. The van der Waals surface area contributed by atoms with Gasteiger partial charge in [-0.25, -0.2) is 9.97 Å². The van der Waals surface area contributed by atoms with E-state index in [1.54, 1.807) is 6.07 Å². The Hall–Kier alpha value is -4.13. The monoisotopic (exact) mass is 467 g/mol. The number of carbonyl (C=O) groups is 1. The van der Waals surface area contributed by atoms with E-state index in [9.17, 15) is 4.79 Å². The molecule has 0 spiro atoms. The Morgan fingerprint density at radius 3 is 2.77 bits per heavy atom. The maximum absolute atomic E-state index is 12.0. The Kier molecular flexibility index (Phi) is 6.23. The van der Waals surface area contributed by atoms with Crippen molar-refractivity contribution in [2.75, 3.05) is 6.61 Å². The zero-order valence-corrected chi connectivity index (χ0v) is 20.0. The maximum atomic E-state index is 12.0. The molecule has 0 saturated heterocycles. The molecule has 3 aromatic heterocycles. The van der Waals surface area contributed by atoms with Crippen LogP contribution in [0, 0.1) is 0 Å². The zero-order valence-electron chi connectivity index (χ0n) is 20.0. The summed E-state index contributed by atoms with van der Waals surface area (Å²) in [5.74, 6) is 0.982. The Bertz CT molecular complexity index is 1510. The third-order valence-corrected chi connectivity index (χ3v) is 6.36. The van der Waals surface area contributed by atoms with Crippen molar-refractivity contribution in [2.45, 2.75) is 32.6 Å². The minimum absolute atomic E-state index is 0.263. The van der Waals surface area contributed by atoms with Gasteiger partial charge in [-0.3, -0.25) is 4.79 Å². The SMILES string of the molecule is CCOc1ccc2[nH]cc(CCCc3nc(Cc4cccc5c4ccn5C)cc(C(N)=O)n3)c2c1. The second-order valence-electron chi connectivity index (χ2n) is 8.79. The molecular formula is C28H29N5O2. The summed E-state index contributed by atoms with van der Waals surface area (Å²) in [5, 5.41) is 2.35. The Balaban J connectivity index is 1.35. The first-order valence-electron chi connectivity index (χ1n) is 11.9. The molecule has 0 saturated carbocycles. The molecule has 2 aromatic carbocycles. The molecule has 0 bridgehead atoms. The molecule has 3 N–H and O–H groups in total. The van der Waals surface area contributed by atoms with E-state index < -0.39 is 5.91 Å². The predicted octanol–water partition coefficient (Wildman–Crippen LogP) is 4.71. The fourth-order valence-electron chi connectivity index (χ4n) is 4.65. The number of nitrogens with two attached hydrogens (primary N) is 1. The molecule has 7 nitrogen and oxygen atoms in total. The van der Waals surface area contributed by atoms with E-state index in [0.29, 0.717) is 25.3 Å². The van der Waals surface area contributed by atoms with Gasteiger partial charge in [0, 0.05) is 59.8 Å². The highest BCUT2D eigenvalue weighted by Crippen LogP contribution is 2.25. The number of aromatic amines is 1. The number of hydrogen-bond donors (Lipinski definition) is 2. The normalized spacial score (nSPS) is 11.4. The van der Waals surface area contributed by atoms with Crippen molar-refractivity contribution in [3.63, 3.8) is 0 Å². The van der Waals surface area contributed by atoms with Crippen molar-refractivity contribution in [1.29, 1.82) is 0 Å². The van der Waals surface area contributed by atoms with Crippen LogP contribution in [0.3, 0.4) is 0 Å². The Morgan fingerprint density at radius 2 is 1.94 bits per heavy atom. The first kappa shape index (κ1) is 22.7. The van der Waals surface area contributed by atoms with Crippen molar-refractivity contribution in [1.82, 2.24) is 19.5 Å².